The Kier molecular flexibility index (Phi) is 3.74. The summed E-state index contributed by atoms with van der Waals surface area (Å²) in [6.07, 6.45) is 0.911. The number of para-hydroxylation sites is 1. The Morgan fingerprint density at radius 3 is 2.55 bits per heavy atom. The van der Waals surface area contributed by atoms with Crippen LogP contribution < -0.4 is 10.3 Å². The molecule has 0 aliphatic heterocycles. The molecule has 0 spiro atoms. The van der Waals surface area contributed by atoms with E-state index in [-0.39, 0.29) is 11.3 Å². The number of hydrogen-bond acceptors (Lipinski definition) is 3. The number of nitrogens with one attached hydrogen (secondary N) is 1. The normalized spacial score (nSPS) is 10.6. The van der Waals surface area contributed by atoms with Crippen molar-refractivity contribution in [1.29, 1.82) is 0 Å². The lowest BCUT2D eigenvalue weighted by Gasteiger charge is -2.07. The van der Waals surface area contributed by atoms with Crippen LogP contribution in [-0.2, 0) is 6.42 Å². The standard InChI is InChI=1S/C18H15NO3/c1-2-12-7-9-13(10-8-12)18(21)22-16-11-17(20)19-15-6-4-3-5-14(15)16/h3-11H,2H2,1H3,(H,19,20). The molecule has 2 aromatic carbocycles. The molecule has 0 amide bonds. The highest BCUT2D eigenvalue weighted by atomic mass is 16.5. The van der Waals surface area contributed by atoms with Gasteiger partial charge in [0.15, 0.2) is 0 Å². The Morgan fingerprint density at radius 2 is 1.82 bits per heavy atom. The maximum atomic E-state index is 12.2. The molecule has 4 heteroatoms. The number of H-pyrrole nitrogens is 1. The van der Waals surface area contributed by atoms with E-state index in [2.05, 4.69) is 11.9 Å². The van der Waals surface area contributed by atoms with E-state index in [1.54, 1.807) is 24.3 Å². The van der Waals surface area contributed by atoms with Crippen molar-refractivity contribution in [3.63, 3.8) is 0 Å². The fourth-order valence-corrected chi connectivity index (χ4v) is 2.29. The molecule has 3 rings (SSSR count). The number of pyridine rings is 1. The van der Waals surface area contributed by atoms with Crippen molar-refractivity contribution in [3.8, 4) is 5.75 Å². The molecular formula is C18H15NO3. The first-order valence-electron chi connectivity index (χ1n) is 7.10. The van der Waals surface area contributed by atoms with Gasteiger partial charge in [-0.15, -0.1) is 0 Å². The topological polar surface area (TPSA) is 59.2 Å². The van der Waals surface area contributed by atoms with Gasteiger partial charge >= 0.3 is 5.97 Å². The Labute approximate surface area is 127 Å². The molecule has 0 fully saturated rings. The van der Waals surface area contributed by atoms with Crippen LogP contribution in [0.25, 0.3) is 10.9 Å². The van der Waals surface area contributed by atoms with Crippen LogP contribution in [0.4, 0.5) is 0 Å². The number of carbonyl (C=O) groups excluding carboxylic acids is 1. The Morgan fingerprint density at radius 1 is 1.09 bits per heavy atom. The zero-order valence-electron chi connectivity index (χ0n) is 12.1. The molecule has 4 nitrogen and oxygen atoms in total. The fourth-order valence-electron chi connectivity index (χ4n) is 2.29. The maximum Gasteiger partial charge on any atom is 0.343 e. The van der Waals surface area contributed by atoms with E-state index in [1.807, 2.05) is 24.3 Å². The monoisotopic (exact) mass is 293 g/mol. The van der Waals surface area contributed by atoms with Crippen LogP contribution in [0.3, 0.4) is 0 Å². The first kappa shape index (κ1) is 14.1. The lowest BCUT2D eigenvalue weighted by Crippen LogP contribution is -2.12. The number of aromatic amines is 1. The zero-order valence-corrected chi connectivity index (χ0v) is 12.1. The summed E-state index contributed by atoms with van der Waals surface area (Å²) in [4.78, 5) is 26.6. The van der Waals surface area contributed by atoms with Crippen molar-refractivity contribution in [3.05, 3.63) is 76.1 Å². The van der Waals surface area contributed by atoms with Gasteiger partial charge in [0.05, 0.1) is 11.1 Å². The fraction of sp³-hybridized carbons (Fsp3) is 0.111. The minimum atomic E-state index is -0.474. The number of hydrogen-bond donors (Lipinski definition) is 1. The predicted molar refractivity (Wildman–Crippen MR) is 85.3 cm³/mol. The molecular weight excluding hydrogens is 278 g/mol. The van der Waals surface area contributed by atoms with Gasteiger partial charge in [-0.3, -0.25) is 4.79 Å². The van der Waals surface area contributed by atoms with Gasteiger partial charge in [-0.25, -0.2) is 4.79 Å². The number of aryl methyl sites for hydroxylation is 1. The summed E-state index contributed by atoms with van der Waals surface area (Å²) in [6.45, 7) is 2.05. The van der Waals surface area contributed by atoms with E-state index in [1.165, 1.54) is 6.07 Å². The van der Waals surface area contributed by atoms with Crippen LogP contribution in [0.2, 0.25) is 0 Å². The maximum absolute atomic E-state index is 12.2. The third-order valence-electron chi connectivity index (χ3n) is 3.51. The van der Waals surface area contributed by atoms with E-state index in [9.17, 15) is 9.59 Å². The summed E-state index contributed by atoms with van der Waals surface area (Å²) >= 11 is 0. The van der Waals surface area contributed by atoms with Gasteiger partial charge in [-0.2, -0.15) is 0 Å². The van der Waals surface area contributed by atoms with E-state index >= 15 is 0 Å². The number of carbonyl (C=O) groups is 1. The summed E-state index contributed by atoms with van der Waals surface area (Å²) < 4.78 is 5.41. The molecule has 0 aliphatic rings. The van der Waals surface area contributed by atoms with E-state index in [4.69, 9.17) is 4.74 Å². The second kappa shape index (κ2) is 5.85. The Balaban J connectivity index is 1.95. The molecule has 1 aromatic heterocycles. The average Bonchev–Trinajstić information content (AvgIpc) is 2.54. The second-order valence-corrected chi connectivity index (χ2v) is 4.98. The van der Waals surface area contributed by atoms with E-state index in [0.29, 0.717) is 16.5 Å². The minimum Gasteiger partial charge on any atom is -0.422 e. The van der Waals surface area contributed by atoms with Gasteiger partial charge in [0.2, 0.25) is 0 Å². The van der Waals surface area contributed by atoms with Crippen LogP contribution >= 0.6 is 0 Å². The molecule has 0 unspecified atom stereocenters. The van der Waals surface area contributed by atoms with Crippen LogP contribution in [-0.4, -0.2) is 11.0 Å². The molecule has 1 heterocycles. The third kappa shape index (κ3) is 2.76. The second-order valence-electron chi connectivity index (χ2n) is 4.98. The number of rotatable bonds is 3. The quantitative estimate of drug-likeness (QED) is 0.754. The summed E-state index contributed by atoms with van der Waals surface area (Å²) in [5, 5.41) is 0.695. The number of fused-ring (bicyclic) bond motifs is 1. The lowest BCUT2D eigenvalue weighted by atomic mass is 10.1. The highest BCUT2D eigenvalue weighted by Gasteiger charge is 2.11. The van der Waals surface area contributed by atoms with Crippen molar-refractivity contribution in [2.24, 2.45) is 0 Å². The molecule has 0 aliphatic carbocycles. The molecule has 1 N–H and O–H groups in total. The minimum absolute atomic E-state index is 0.268. The van der Waals surface area contributed by atoms with Crippen LogP contribution in [0, 0.1) is 0 Å². The molecule has 22 heavy (non-hydrogen) atoms. The van der Waals surface area contributed by atoms with Crippen molar-refractivity contribution in [1.82, 2.24) is 4.98 Å². The van der Waals surface area contributed by atoms with Gasteiger partial charge in [0, 0.05) is 11.5 Å². The third-order valence-corrected chi connectivity index (χ3v) is 3.51. The smallest absolute Gasteiger partial charge is 0.343 e. The van der Waals surface area contributed by atoms with Crippen LogP contribution in [0.1, 0.15) is 22.8 Å². The molecule has 110 valence electrons. The largest absolute Gasteiger partial charge is 0.422 e. The molecule has 0 saturated carbocycles. The van der Waals surface area contributed by atoms with Gasteiger partial charge < -0.3 is 9.72 Å². The summed E-state index contributed by atoms with van der Waals surface area (Å²) in [5.41, 5.74) is 1.95. The van der Waals surface area contributed by atoms with Crippen molar-refractivity contribution in [2.75, 3.05) is 0 Å². The number of esters is 1. The zero-order chi connectivity index (χ0) is 15.5. The Hall–Kier alpha value is -2.88. The molecule has 0 radical (unpaired) electrons. The predicted octanol–water partition coefficient (Wildman–Crippen LogP) is 3.31. The van der Waals surface area contributed by atoms with Gasteiger partial charge in [0.25, 0.3) is 5.56 Å². The van der Waals surface area contributed by atoms with Crippen molar-refractivity contribution in [2.45, 2.75) is 13.3 Å². The SMILES string of the molecule is CCc1ccc(C(=O)Oc2cc(=O)[nH]c3ccccc23)cc1. The lowest BCUT2D eigenvalue weighted by molar-refractivity contribution is 0.0737. The van der Waals surface area contributed by atoms with E-state index in [0.717, 1.165) is 12.0 Å². The molecule has 0 bridgehead atoms. The first-order chi connectivity index (χ1) is 10.7. The van der Waals surface area contributed by atoms with Crippen LogP contribution in [0.5, 0.6) is 5.75 Å². The summed E-state index contributed by atoms with van der Waals surface area (Å²) in [6, 6.07) is 15.8. The van der Waals surface area contributed by atoms with Crippen molar-refractivity contribution < 1.29 is 9.53 Å². The molecule has 3 aromatic rings. The molecule has 0 saturated heterocycles. The van der Waals surface area contributed by atoms with E-state index < -0.39 is 5.97 Å². The van der Waals surface area contributed by atoms with Gasteiger partial charge in [-0.05, 0) is 36.2 Å². The Bertz CT molecular complexity index is 879. The summed E-state index contributed by atoms with van der Waals surface area (Å²) in [7, 11) is 0. The average molecular weight is 293 g/mol. The summed E-state index contributed by atoms with van der Waals surface area (Å²) in [5.74, 6) is -0.206. The first-order valence-corrected chi connectivity index (χ1v) is 7.10. The highest BCUT2D eigenvalue weighted by Crippen LogP contribution is 2.22. The number of ether oxygens (including phenoxy) is 1. The van der Waals surface area contributed by atoms with Gasteiger partial charge in [0.1, 0.15) is 5.75 Å². The van der Waals surface area contributed by atoms with Crippen LogP contribution in [0.15, 0.2) is 59.4 Å². The number of benzene rings is 2. The molecule has 0 atom stereocenters. The number of aromatic nitrogens is 1. The van der Waals surface area contributed by atoms with Crippen molar-refractivity contribution >= 4 is 16.9 Å². The van der Waals surface area contributed by atoms with Gasteiger partial charge in [-0.1, -0.05) is 31.2 Å². The highest BCUT2D eigenvalue weighted by molar-refractivity contribution is 5.94.